The zero-order valence-electron chi connectivity index (χ0n) is 9.91. The molecule has 0 aromatic carbocycles. The molecule has 0 saturated carbocycles. The molecule has 1 atom stereocenters. The van der Waals surface area contributed by atoms with Crippen molar-refractivity contribution in [2.75, 3.05) is 12.0 Å². The van der Waals surface area contributed by atoms with Gasteiger partial charge in [-0.15, -0.1) is 0 Å². The minimum absolute atomic E-state index is 0.0512. The summed E-state index contributed by atoms with van der Waals surface area (Å²) in [6.07, 6.45) is 1.77. The minimum atomic E-state index is -2.97. The smallest absolute Gasteiger partial charge is 0.150 e. The van der Waals surface area contributed by atoms with Gasteiger partial charge in [0, 0.05) is 12.7 Å². The maximum absolute atomic E-state index is 11.6. The average Bonchev–Trinajstić information content (AvgIpc) is 1.98. The second kappa shape index (κ2) is 5.07. The Bertz CT molecular complexity index is 314. The van der Waals surface area contributed by atoms with Crippen LogP contribution in [0.5, 0.6) is 0 Å². The predicted molar refractivity (Wildman–Crippen MR) is 61.4 cm³/mol. The molecule has 0 aliphatic rings. The monoisotopic (exact) mass is 235 g/mol. The molecule has 0 aliphatic carbocycles. The summed E-state index contributed by atoms with van der Waals surface area (Å²) >= 11 is 0. The molecule has 1 unspecified atom stereocenters. The van der Waals surface area contributed by atoms with E-state index in [0.29, 0.717) is 6.42 Å². The highest BCUT2D eigenvalue weighted by atomic mass is 32.2. The van der Waals surface area contributed by atoms with Crippen molar-refractivity contribution in [1.29, 1.82) is 0 Å². The van der Waals surface area contributed by atoms with Crippen LogP contribution in [0, 0.1) is 5.41 Å². The quantitative estimate of drug-likeness (QED) is 0.763. The largest absolute Gasteiger partial charge is 0.321 e. The van der Waals surface area contributed by atoms with Crippen LogP contribution in [0.4, 0.5) is 0 Å². The number of carbonyl (C=O) groups excluding carboxylic acids is 1. The van der Waals surface area contributed by atoms with Crippen molar-refractivity contribution < 1.29 is 13.2 Å². The molecule has 2 N–H and O–H groups in total. The van der Waals surface area contributed by atoms with Crippen molar-refractivity contribution in [2.45, 2.75) is 39.7 Å². The lowest BCUT2D eigenvalue weighted by molar-refractivity contribution is -0.122. The highest BCUT2D eigenvalue weighted by Gasteiger charge is 2.26. The molecule has 0 spiro atoms. The molecule has 5 heteroatoms. The van der Waals surface area contributed by atoms with Crippen molar-refractivity contribution in [3.8, 4) is 0 Å². The second-order valence-corrected chi connectivity index (χ2v) is 7.30. The van der Waals surface area contributed by atoms with Crippen molar-refractivity contribution >= 4 is 15.6 Å². The van der Waals surface area contributed by atoms with E-state index in [1.54, 1.807) is 0 Å². The standard InChI is InChI=1S/C10H21NO3S/c1-10(2,3)9(11)8(12)6-5-7-15(4,13)14/h9H,5-7,11H2,1-4H3. The van der Waals surface area contributed by atoms with Gasteiger partial charge in [0.25, 0.3) is 0 Å². The fourth-order valence-electron chi connectivity index (χ4n) is 1.15. The van der Waals surface area contributed by atoms with Gasteiger partial charge in [0.15, 0.2) is 0 Å². The lowest BCUT2D eigenvalue weighted by Gasteiger charge is -2.25. The number of ketones is 1. The first-order chi connectivity index (χ1) is 6.54. The zero-order chi connectivity index (χ0) is 12.3. The lowest BCUT2D eigenvalue weighted by atomic mass is 9.84. The van der Waals surface area contributed by atoms with Gasteiger partial charge in [-0.05, 0) is 11.8 Å². The molecule has 0 rings (SSSR count). The molecule has 0 amide bonds. The second-order valence-electron chi connectivity index (χ2n) is 5.04. The summed E-state index contributed by atoms with van der Waals surface area (Å²) < 4.78 is 21.7. The van der Waals surface area contributed by atoms with Gasteiger partial charge in [0.2, 0.25) is 0 Å². The summed E-state index contributed by atoms with van der Waals surface area (Å²) in [4.78, 5) is 11.6. The highest BCUT2D eigenvalue weighted by Crippen LogP contribution is 2.19. The fraction of sp³-hybridized carbons (Fsp3) is 0.900. The van der Waals surface area contributed by atoms with E-state index in [1.807, 2.05) is 20.8 Å². The summed E-state index contributed by atoms with van der Waals surface area (Å²) in [5, 5.41) is 0. The topological polar surface area (TPSA) is 77.2 Å². The molecule has 0 heterocycles. The molecule has 0 saturated heterocycles. The number of rotatable bonds is 5. The van der Waals surface area contributed by atoms with Crippen LogP contribution in [0.25, 0.3) is 0 Å². The van der Waals surface area contributed by atoms with E-state index in [-0.39, 0.29) is 23.4 Å². The Kier molecular flexibility index (Phi) is 4.93. The molecule has 0 aromatic heterocycles. The third-order valence-electron chi connectivity index (χ3n) is 2.22. The Morgan fingerprint density at radius 1 is 1.33 bits per heavy atom. The van der Waals surface area contributed by atoms with Crippen LogP contribution in [0.1, 0.15) is 33.6 Å². The van der Waals surface area contributed by atoms with Gasteiger partial charge in [-0.25, -0.2) is 8.42 Å². The van der Waals surface area contributed by atoms with Crippen LogP contribution in [0.2, 0.25) is 0 Å². The van der Waals surface area contributed by atoms with Crippen molar-refractivity contribution in [1.82, 2.24) is 0 Å². The maximum Gasteiger partial charge on any atom is 0.150 e. The Hall–Kier alpha value is -0.420. The molecule has 0 aliphatic heterocycles. The van der Waals surface area contributed by atoms with Crippen molar-refractivity contribution in [2.24, 2.45) is 11.1 Å². The van der Waals surface area contributed by atoms with Crippen LogP contribution in [0.3, 0.4) is 0 Å². The molecular formula is C10H21NO3S. The number of nitrogens with two attached hydrogens (primary N) is 1. The molecule has 15 heavy (non-hydrogen) atoms. The fourth-order valence-corrected chi connectivity index (χ4v) is 1.82. The Morgan fingerprint density at radius 3 is 2.13 bits per heavy atom. The van der Waals surface area contributed by atoms with E-state index in [4.69, 9.17) is 5.73 Å². The summed E-state index contributed by atoms with van der Waals surface area (Å²) in [6.45, 7) is 5.68. The van der Waals surface area contributed by atoms with Gasteiger partial charge >= 0.3 is 0 Å². The predicted octanol–water partition coefficient (Wildman–Crippen LogP) is 0.754. The number of Topliss-reactive ketones (excluding diaryl/α,β-unsaturated/α-hetero) is 1. The van der Waals surface area contributed by atoms with E-state index in [9.17, 15) is 13.2 Å². The van der Waals surface area contributed by atoms with Crippen molar-refractivity contribution in [3.05, 3.63) is 0 Å². The van der Waals surface area contributed by atoms with Crippen LogP contribution in [0.15, 0.2) is 0 Å². The number of hydrogen-bond acceptors (Lipinski definition) is 4. The molecule has 0 radical (unpaired) electrons. The summed E-state index contributed by atoms with van der Waals surface area (Å²) in [7, 11) is -2.97. The molecular weight excluding hydrogens is 214 g/mol. The van der Waals surface area contributed by atoms with Crippen molar-refractivity contribution in [3.63, 3.8) is 0 Å². The third-order valence-corrected chi connectivity index (χ3v) is 3.25. The number of sulfone groups is 1. The Morgan fingerprint density at radius 2 is 1.80 bits per heavy atom. The van der Waals surface area contributed by atoms with Crippen LogP contribution < -0.4 is 5.73 Å². The number of hydrogen-bond donors (Lipinski definition) is 1. The first-order valence-electron chi connectivity index (χ1n) is 5.00. The summed E-state index contributed by atoms with van der Waals surface area (Å²) in [5.41, 5.74) is 5.48. The minimum Gasteiger partial charge on any atom is -0.321 e. The van der Waals surface area contributed by atoms with Gasteiger partial charge < -0.3 is 5.73 Å². The SMILES string of the molecule is CC(C)(C)C(N)C(=O)CCCS(C)(=O)=O. The van der Waals surface area contributed by atoms with Gasteiger partial charge in [0.05, 0.1) is 11.8 Å². The van der Waals surface area contributed by atoms with E-state index in [2.05, 4.69) is 0 Å². The first-order valence-corrected chi connectivity index (χ1v) is 7.06. The van der Waals surface area contributed by atoms with E-state index < -0.39 is 15.9 Å². The molecule has 4 nitrogen and oxygen atoms in total. The normalized spacial score (nSPS) is 15.0. The van der Waals surface area contributed by atoms with Gasteiger partial charge in [0.1, 0.15) is 15.6 Å². The zero-order valence-corrected chi connectivity index (χ0v) is 10.7. The molecule has 90 valence electrons. The first kappa shape index (κ1) is 14.6. The summed E-state index contributed by atoms with van der Waals surface area (Å²) in [6, 6.07) is -0.517. The highest BCUT2D eigenvalue weighted by molar-refractivity contribution is 7.90. The van der Waals surface area contributed by atoms with E-state index >= 15 is 0 Å². The third kappa shape index (κ3) is 6.62. The lowest BCUT2D eigenvalue weighted by Crippen LogP contribution is -2.42. The molecule has 0 aromatic rings. The molecule has 0 fully saturated rings. The van der Waals surface area contributed by atoms with E-state index in [1.165, 1.54) is 6.26 Å². The van der Waals surface area contributed by atoms with Crippen LogP contribution >= 0.6 is 0 Å². The average molecular weight is 235 g/mol. The maximum atomic E-state index is 11.6. The van der Waals surface area contributed by atoms with Gasteiger partial charge in [-0.2, -0.15) is 0 Å². The van der Waals surface area contributed by atoms with E-state index in [0.717, 1.165) is 0 Å². The Labute approximate surface area is 92.2 Å². The van der Waals surface area contributed by atoms with Crippen LogP contribution in [-0.2, 0) is 14.6 Å². The number of carbonyl (C=O) groups is 1. The molecule has 0 bridgehead atoms. The van der Waals surface area contributed by atoms with Gasteiger partial charge in [-0.3, -0.25) is 4.79 Å². The van der Waals surface area contributed by atoms with Crippen LogP contribution in [-0.4, -0.2) is 32.3 Å². The van der Waals surface area contributed by atoms with Gasteiger partial charge in [-0.1, -0.05) is 20.8 Å². The summed E-state index contributed by atoms with van der Waals surface area (Å²) in [5.74, 6) is -0.0126. The Balaban J connectivity index is 4.07.